The highest BCUT2D eigenvalue weighted by Crippen LogP contribution is 2.31. The van der Waals surface area contributed by atoms with Gasteiger partial charge >= 0.3 is 5.97 Å². The minimum absolute atomic E-state index is 0.291. The summed E-state index contributed by atoms with van der Waals surface area (Å²) in [7, 11) is 3.06. The highest BCUT2D eigenvalue weighted by Gasteiger charge is 2.11. The molecule has 3 aromatic rings. The summed E-state index contributed by atoms with van der Waals surface area (Å²) >= 11 is 0. The fraction of sp³-hybridized carbons (Fsp3) is 0.111. The molecule has 0 atom stereocenters. The van der Waals surface area contributed by atoms with Gasteiger partial charge in [-0.15, -0.1) is 0 Å². The molecule has 0 N–H and O–H groups in total. The molecule has 0 bridgehead atoms. The third kappa shape index (κ3) is 5.65. The lowest BCUT2D eigenvalue weighted by Gasteiger charge is -2.10. The van der Waals surface area contributed by atoms with Crippen molar-refractivity contribution < 1.29 is 19.0 Å². The number of para-hydroxylation sites is 1. The lowest BCUT2D eigenvalue weighted by atomic mass is 10.0. The Morgan fingerprint density at radius 2 is 1.56 bits per heavy atom. The average molecular weight is 425 g/mol. The van der Waals surface area contributed by atoms with Gasteiger partial charge in [-0.05, 0) is 54.5 Å². The summed E-state index contributed by atoms with van der Waals surface area (Å²) in [6.45, 7) is 2.00. The Kier molecular flexibility index (Phi) is 7.45. The van der Waals surface area contributed by atoms with Crippen LogP contribution >= 0.6 is 0 Å². The molecule has 5 nitrogen and oxygen atoms in total. The van der Waals surface area contributed by atoms with Crippen molar-refractivity contribution in [2.24, 2.45) is 0 Å². The van der Waals surface area contributed by atoms with Crippen LogP contribution in [0.4, 0.5) is 0 Å². The van der Waals surface area contributed by atoms with Crippen LogP contribution in [0, 0.1) is 18.3 Å². The van der Waals surface area contributed by atoms with Gasteiger partial charge in [0.2, 0.25) is 0 Å². The van der Waals surface area contributed by atoms with Gasteiger partial charge in [0.1, 0.15) is 5.75 Å². The largest absolute Gasteiger partial charge is 0.496 e. The first-order valence-corrected chi connectivity index (χ1v) is 9.94. The smallest absolute Gasteiger partial charge is 0.336 e. The number of rotatable bonds is 7. The van der Waals surface area contributed by atoms with Crippen LogP contribution in [-0.4, -0.2) is 20.2 Å². The molecule has 0 aliphatic carbocycles. The Hall–Kier alpha value is -4.30. The van der Waals surface area contributed by atoms with Crippen LogP contribution in [0.5, 0.6) is 17.2 Å². The molecule has 0 saturated carbocycles. The number of esters is 1. The maximum Gasteiger partial charge on any atom is 0.336 e. The number of aryl methyl sites for hydroxylation is 1. The number of carbonyl (C=O) groups excluding carboxylic acids is 1. The Morgan fingerprint density at radius 3 is 2.25 bits per heavy atom. The van der Waals surface area contributed by atoms with Gasteiger partial charge in [-0.2, -0.15) is 5.26 Å². The number of nitriles is 1. The average Bonchev–Trinajstić information content (AvgIpc) is 2.83. The van der Waals surface area contributed by atoms with Crippen LogP contribution in [-0.2, 0) is 4.79 Å². The van der Waals surface area contributed by atoms with Crippen molar-refractivity contribution >= 4 is 23.7 Å². The molecule has 0 spiro atoms. The van der Waals surface area contributed by atoms with E-state index in [4.69, 9.17) is 14.2 Å². The van der Waals surface area contributed by atoms with Gasteiger partial charge in [0.15, 0.2) is 11.5 Å². The number of methoxy groups -OCH3 is 2. The lowest BCUT2D eigenvalue weighted by Crippen LogP contribution is -2.05. The normalized spacial score (nSPS) is 11.1. The van der Waals surface area contributed by atoms with Gasteiger partial charge in [-0.25, -0.2) is 4.79 Å². The molecule has 0 aliphatic heterocycles. The minimum atomic E-state index is -0.515. The second kappa shape index (κ2) is 10.6. The summed E-state index contributed by atoms with van der Waals surface area (Å²) in [5.41, 5.74) is 3.90. The van der Waals surface area contributed by atoms with Gasteiger partial charge in [-0.3, -0.25) is 0 Å². The van der Waals surface area contributed by atoms with E-state index >= 15 is 0 Å². The molecule has 0 radical (unpaired) electrons. The zero-order valence-electron chi connectivity index (χ0n) is 18.2. The van der Waals surface area contributed by atoms with Crippen molar-refractivity contribution in [1.82, 2.24) is 0 Å². The summed E-state index contributed by atoms with van der Waals surface area (Å²) in [6.07, 6.45) is 4.79. The Balaban J connectivity index is 1.81. The van der Waals surface area contributed by atoms with E-state index in [2.05, 4.69) is 6.07 Å². The Bertz CT molecular complexity index is 1200. The van der Waals surface area contributed by atoms with Crippen molar-refractivity contribution in [3.05, 3.63) is 95.1 Å². The second-order valence-corrected chi connectivity index (χ2v) is 6.95. The van der Waals surface area contributed by atoms with Crippen molar-refractivity contribution in [3.63, 3.8) is 0 Å². The molecule has 3 rings (SSSR count). The van der Waals surface area contributed by atoms with Gasteiger partial charge in [0.25, 0.3) is 0 Å². The summed E-state index contributed by atoms with van der Waals surface area (Å²) in [5.74, 6) is 0.768. The number of allylic oxidation sites excluding steroid dienone is 1. The summed E-state index contributed by atoms with van der Waals surface area (Å²) < 4.78 is 16.2. The summed E-state index contributed by atoms with van der Waals surface area (Å²) in [5, 5.41) is 9.65. The molecular weight excluding hydrogens is 402 g/mol. The van der Waals surface area contributed by atoms with Crippen LogP contribution in [0.2, 0.25) is 0 Å². The van der Waals surface area contributed by atoms with E-state index in [1.54, 1.807) is 43.5 Å². The molecule has 3 aromatic carbocycles. The molecule has 0 unspecified atom stereocenters. The van der Waals surface area contributed by atoms with Crippen molar-refractivity contribution in [2.75, 3.05) is 14.2 Å². The van der Waals surface area contributed by atoms with E-state index in [1.807, 2.05) is 49.4 Å². The first-order chi connectivity index (χ1) is 15.5. The highest BCUT2D eigenvalue weighted by molar-refractivity contribution is 5.92. The number of hydrogen-bond donors (Lipinski definition) is 0. The van der Waals surface area contributed by atoms with E-state index in [0.717, 1.165) is 16.7 Å². The molecule has 0 fully saturated rings. The quantitative estimate of drug-likeness (QED) is 0.160. The van der Waals surface area contributed by atoms with Gasteiger partial charge in [-0.1, -0.05) is 48.0 Å². The maximum atomic E-state index is 12.3. The van der Waals surface area contributed by atoms with Crippen molar-refractivity contribution in [1.29, 1.82) is 5.26 Å². The standard InChI is InChI=1S/C27H23NO4/c1-19-8-10-20(11-9-19)13-15-27(29)32-25-14-12-21(17-26(25)31-3)16-22(18-28)23-6-4-5-7-24(23)30-2/h4-17H,1-3H3/b15-13+,22-16-. The topological polar surface area (TPSA) is 68.6 Å². The lowest BCUT2D eigenvalue weighted by molar-refractivity contribution is -0.129. The third-order valence-corrected chi connectivity index (χ3v) is 4.72. The molecule has 32 heavy (non-hydrogen) atoms. The Morgan fingerprint density at radius 1 is 0.875 bits per heavy atom. The molecule has 0 aliphatic rings. The zero-order chi connectivity index (χ0) is 22.9. The van der Waals surface area contributed by atoms with Gasteiger partial charge in [0, 0.05) is 11.6 Å². The van der Waals surface area contributed by atoms with E-state index in [1.165, 1.54) is 13.2 Å². The first-order valence-electron chi connectivity index (χ1n) is 9.94. The molecule has 5 heteroatoms. The minimum Gasteiger partial charge on any atom is -0.496 e. The summed E-state index contributed by atoms with van der Waals surface area (Å²) in [4.78, 5) is 12.3. The monoisotopic (exact) mass is 425 g/mol. The fourth-order valence-electron chi connectivity index (χ4n) is 3.05. The van der Waals surface area contributed by atoms with Gasteiger partial charge in [0.05, 0.1) is 25.9 Å². The fourth-order valence-corrected chi connectivity index (χ4v) is 3.05. The SMILES string of the molecule is COc1cc(/C=C(/C#N)c2ccccc2OC)ccc1OC(=O)/C=C/c1ccc(C)cc1. The number of carbonyl (C=O) groups is 1. The van der Waals surface area contributed by atoms with Gasteiger partial charge < -0.3 is 14.2 Å². The van der Waals surface area contributed by atoms with E-state index < -0.39 is 5.97 Å². The van der Waals surface area contributed by atoms with Crippen molar-refractivity contribution in [2.45, 2.75) is 6.92 Å². The van der Waals surface area contributed by atoms with Crippen LogP contribution in [0.25, 0.3) is 17.7 Å². The number of benzene rings is 3. The van der Waals surface area contributed by atoms with E-state index in [0.29, 0.717) is 28.4 Å². The van der Waals surface area contributed by atoms with Crippen LogP contribution in [0.3, 0.4) is 0 Å². The molecular formula is C27H23NO4. The number of nitrogens with zero attached hydrogens (tertiary/aromatic N) is 1. The predicted octanol–water partition coefficient (Wildman–Crippen LogP) is 5.70. The van der Waals surface area contributed by atoms with E-state index in [9.17, 15) is 10.1 Å². The Labute approximate surface area is 187 Å². The second-order valence-electron chi connectivity index (χ2n) is 6.95. The molecule has 0 amide bonds. The number of ether oxygens (including phenoxy) is 3. The number of hydrogen-bond acceptors (Lipinski definition) is 5. The summed E-state index contributed by atoms with van der Waals surface area (Å²) in [6, 6.07) is 22.4. The first kappa shape index (κ1) is 22.4. The molecule has 0 saturated heterocycles. The zero-order valence-corrected chi connectivity index (χ0v) is 18.2. The van der Waals surface area contributed by atoms with E-state index in [-0.39, 0.29) is 0 Å². The third-order valence-electron chi connectivity index (χ3n) is 4.72. The maximum absolute atomic E-state index is 12.3. The predicted molar refractivity (Wildman–Crippen MR) is 125 cm³/mol. The molecule has 0 heterocycles. The van der Waals surface area contributed by atoms with Crippen LogP contribution in [0.1, 0.15) is 22.3 Å². The van der Waals surface area contributed by atoms with Crippen LogP contribution in [0.15, 0.2) is 72.8 Å². The molecule has 160 valence electrons. The molecule has 0 aromatic heterocycles. The van der Waals surface area contributed by atoms with Crippen molar-refractivity contribution in [3.8, 4) is 23.3 Å². The highest BCUT2D eigenvalue weighted by atomic mass is 16.6. The van der Waals surface area contributed by atoms with Crippen LogP contribution < -0.4 is 14.2 Å².